The van der Waals surface area contributed by atoms with Crippen LogP contribution in [-0.4, -0.2) is 12.2 Å². The van der Waals surface area contributed by atoms with Gasteiger partial charge in [-0.1, -0.05) is 31.2 Å². The minimum absolute atomic E-state index is 0.245. The van der Waals surface area contributed by atoms with E-state index in [4.69, 9.17) is 4.74 Å². The van der Waals surface area contributed by atoms with Crippen LogP contribution in [-0.2, 0) is 0 Å². The molecule has 0 bridgehead atoms. The average Bonchev–Trinajstić information content (AvgIpc) is 2.53. The second kappa shape index (κ2) is 7.14. The first kappa shape index (κ1) is 15.4. The lowest BCUT2D eigenvalue weighted by Crippen LogP contribution is -2.24. The highest BCUT2D eigenvalue weighted by Crippen LogP contribution is 2.24. The van der Waals surface area contributed by atoms with E-state index in [1.165, 1.54) is 11.1 Å². The Morgan fingerprint density at radius 3 is 2.10 bits per heavy atom. The molecule has 0 spiro atoms. The first-order valence-corrected chi connectivity index (χ1v) is 7.33. The van der Waals surface area contributed by atoms with E-state index in [-0.39, 0.29) is 12.1 Å². The average molecular weight is 285 g/mol. The summed E-state index contributed by atoms with van der Waals surface area (Å²) in [7, 11) is 1.68. The summed E-state index contributed by atoms with van der Waals surface area (Å²) in [5.41, 5.74) is 2.42. The molecule has 0 aliphatic carbocycles. The van der Waals surface area contributed by atoms with Gasteiger partial charge >= 0.3 is 0 Å². The molecule has 0 aromatic heterocycles. The van der Waals surface area contributed by atoms with Gasteiger partial charge in [-0.05, 0) is 48.7 Å². The molecular formula is C18H23NO2. The quantitative estimate of drug-likeness (QED) is 0.835. The summed E-state index contributed by atoms with van der Waals surface area (Å²) in [6, 6.07) is 16.0. The fourth-order valence-corrected chi connectivity index (χ4v) is 2.45. The van der Waals surface area contributed by atoms with Gasteiger partial charge in [-0.15, -0.1) is 0 Å². The second-order valence-corrected chi connectivity index (χ2v) is 5.21. The highest BCUT2D eigenvalue weighted by molar-refractivity contribution is 5.30. The predicted molar refractivity (Wildman–Crippen MR) is 85.7 cm³/mol. The Morgan fingerprint density at radius 1 is 1.00 bits per heavy atom. The Balaban J connectivity index is 2.08. The van der Waals surface area contributed by atoms with Gasteiger partial charge in [0, 0.05) is 12.1 Å². The zero-order valence-corrected chi connectivity index (χ0v) is 12.8. The zero-order chi connectivity index (χ0) is 15.2. The van der Waals surface area contributed by atoms with Crippen LogP contribution in [0, 0.1) is 0 Å². The molecule has 0 fully saturated rings. The first-order chi connectivity index (χ1) is 10.1. The van der Waals surface area contributed by atoms with Crippen molar-refractivity contribution in [3.8, 4) is 11.5 Å². The van der Waals surface area contributed by atoms with Gasteiger partial charge in [0.2, 0.25) is 0 Å². The third-order valence-corrected chi connectivity index (χ3v) is 3.77. The van der Waals surface area contributed by atoms with Crippen LogP contribution >= 0.6 is 0 Å². The Kier molecular flexibility index (Phi) is 5.23. The van der Waals surface area contributed by atoms with Crippen molar-refractivity contribution in [1.82, 2.24) is 5.32 Å². The van der Waals surface area contributed by atoms with Gasteiger partial charge in [0.1, 0.15) is 11.5 Å². The molecule has 0 aliphatic heterocycles. The molecule has 2 atom stereocenters. The number of benzene rings is 2. The number of phenolic OH excluding ortho intramolecular Hbond substituents is 1. The second-order valence-electron chi connectivity index (χ2n) is 5.21. The van der Waals surface area contributed by atoms with E-state index in [1.807, 2.05) is 24.3 Å². The van der Waals surface area contributed by atoms with Crippen LogP contribution in [0.3, 0.4) is 0 Å². The molecule has 21 heavy (non-hydrogen) atoms. The lowest BCUT2D eigenvalue weighted by atomic mass is 10.0. The highest BCUT2D eigenvalue weighted by atomic mass is 16.5. The van der Waals surface area contributed by atoms with Gasteiger partial charge in [0.25, 0.3) is 0 Å². The molecule has 112 valence electrons. The van der Waals surface area contributed by atoms with Crippen molar-refractivity contribution in [1.29, 1.82) is 0 Å². The van der Waals surface area contributed by atoms with E-state index >= 15 is 0 Å². The molecule has 0 saturated heterocycles. The number of phenols is 1. The van der Waals surface area contributed by atoms with Crippen LogP contribution < -0.4 is 10.1 Å². The fraction of sp³-hybridized carbons (Fsp3) is 0.333. The number of rotatable bonds is 6. The van der Waals surface area contributed by atoms with Crippen LogP contribution in [0.4, 0.5) is 0 Å². The largest absolute Gasteiger partial charge is 0.508 e. The molecule has 0 radical (unpaired) electrons. The summed E-state index contributed by atoms with van der Waals surface area (Å²) < 4.78 is 5.19. The Hall–Kier alpha value is -2.00. The summed E-state index contributed by atoms with van der Waals surface area (Å²) in [5, 5.41) is 13.0. The third kappa shape index (κ3) is 3.99. The molecule has 0 saturated carbocycles. The van der Waals surface area contributed by atoms with Gasteiger partial charge < -0.3 is 15.2 Å². The Morgan fingerprint density at radius 2 is 1.57 bits per heavy atom. The van der Waals surface area contributed by atoms with Gasteiger partial charge in [-0.25, -0.2) is 0 Å². The minimum Gasteiger partial charge on any atom is -0.508 e. The summed E-state index contributed by atoms with van der Waals surface area (Å²) >= 11 is 0. The van der Waals surface area contributed by atoms with Crippen molar-refractivity contribution >= 4 is 0 Å². The summed E-state index contributed by atoms with van der Waals surface area (Å²) in [6.07, 6.45) is 0.991. The molecule has 2 aromatic rings. The van der Waals surface area contributed by atoms with Crippen LogP contribution in [0.1, 0.15) is 43.5 Å². The monoisotopic (exact) mass is 285 g/mol. The van der Waals surface area contributed by atoms with Crippen molar-refractivity contribution < 1.29 is 9.84 Å². The highest BCUT2D eigenvalue weighted by Gasteiger charge is 2.13. The van der Waals surface area contributed by atoms with Crippen LogP contribution in [0.2, 0.25) is 0 Å². The topological polar surface area (TPSA) is 41.5 Å². The maximum absolute atomic E-state index is 9.39. The summed E-state index contributed by atoms with van der Waals surface area (Å²) in [5.74, 6) is 1.17. The zero-order valence-electron chi connectivity index (χ0n) is 12.8. The molecular weight excluding hydrogens is 262 g/mol. The van der Waals surface area contributed by atoms with E-state index in [0.29, 0.717) is 5.75 Å². The lowest BCUT2D eigenvalue weighted by molar-refractivity contribution is 0.413. The maximum atomic E-state index is 9.39. The fourth-order valence-electron chi connectivity index (χ4n) is 2.45. The molecule has 2 N–H and O–H groups in total. The number of ether oxygens (including phenoxy) is 1. The van der Waals surface area contributed by atoms with E-state index in [1.54, 1.807) is 19.2 Å². The standard InChI is InChI=1S/C18H23NO2/c1-4-18(15-5-9-16(20)10-6-15)19-13(2)14-7-11-17(21-3)12-8-14/h5-13,18-20H,4H2,1-3H3/t13-,18?/m0/s1. The van der Waals surface area contributed by atoms with Crippen molar-refractivity contribution in [3.63, 3.8) is 0 Å². The number of hydrogen-bond donors (Lipinski definition) is 2. The van der Waals surface area contributed by atoms with Crippen LogP contribution in [0.5, 0.6) is 11.5 Å². The maximum Gasteiger partial charge on any atom is 0.118 e. The van der Waals surface area contributed by atoms with Crippen molar-refractivity contribution in [2.24, 2.45) is 0 Å². The molecule has 0 aliphatic rings. The smallest absolute Gasteiger partial charge is 0.118 e. The van der Waals surface area contributed by atoms with E-state index in [2.05, 4.69) is 31.3 Å². The number of aromatic hydroxyl groups is 1. The molecule has 0 heterocycles. The normalized spacial score (nSPS) is 13.7. The molecule has 0 amide bonds. The summed E-state index contributed by atoms with van der Waals surface area (Å²) in [4.78, 5) is 0. The van der Waals surface area contributed by atoms with E-state index < -0.39 is 0 Å². The van der Waals surface area contributed by atoms with Crippen molar-refractivity contribution in [2.75, 3.05) is 7.11 Å². The predicted octanol–water partition coefficient (Wildman–Crippen LogP) is 4.20. The molecule has 2 aromatic carbocycles. The Bertz CT molecular complexity index is 548. The molecule has 3 nitrogen and oxygen atoms in total. The number of methoxy groups -OCH3 is 1. The molecule has 2 rings (SSSR count). The SMILES string of the molecule is CCC(N[C@@H](C)c1ccc(OC)cc1)c1ccc(O)cc1. The first-order valence-electron chi connectivity index (χ1n) is 7.33. The summed E-state index contributed by atoms with van der Waals surface area (Å²) in [6.45, 7) is 4.32. The van der Waals surface area contributed by atoms with Crippen molar-refractivity contribution in [3.05, 3.63) is 59.7 Å². The number of nitrogens with one attached hydrogen (secondary N) is 1. The molecule has 1 unspecified atom stereocenters. The number of hydrogen-bond acceptors (Lipinski definition) is 3. The van der Waals surface area contributed by atoms with Gasteiger partial charge in [-0.3, -0.25) is 0 Å². The minimum atomic E-state index is 0.245. The van der Waals surface area contributed by atoms with Crippen LogP contribution in [0.15, 0.2) is 48.5 Å². The van der Waals surface area contributed by atoms with E-state index in [0.717, 1.165) is 12.2 Å². The Labute approximate surface area is 126 Å². The van der Waals surface area contributed by atoms with Crippen molar-refractivity contribution in [2.45, 2.75) is 32.4 Å². The molecule has 3 heteroatoms. The van der Waals surface area contributed by atoms with Gasteiger partial charge in [-0.2, -0.15) is 0 Å². The third-order valence-electron chi connectivity index (χ3n) is 3.77. The van der Waals surface area contributed by atoms with E-state index in [9.17, 15) is 5.11 Å². The lowest BCUT2D eigenvalue weighted by Gasteiger charge is -2.23. The van der Waals surface area contributed by atoms with Crippen LogP contribution in [0.25, 0.3) is 0 Å². The van der Waals surface area contributed by atoms with Gasteiger partial charge in [0.15, 0.2) is 0 Å². The van der Waals surface area contributed by atoms with Gasteiger partial charge in [0.05, 0.1) is 7.11 Å².